The molecule has 0 saturated heterocycles. The van der Waals surface area contributed by atoms with Gasteiger partial charge in [0.25, 0.3) is 0 Å². The van der Waals surface area contributed by atoms with E-state index in [4.69, 9.17) is 16.3 Å². The summed E-state index contributed by atoms with van der Waals surface area (Å²) in [7, 11) is 1.59. The summed E-state index contributed by atoms with van der Waals surface area (Å²) < 4.78 is 18.5. The van der Waals surface area contributed by atoms with Crippen molar-refractivity contribution in [2.45, 2.75) is 12.6 Å². The molecular formula is C16H17ClFNO2. The summed E-state index contributed by atoms with van der Waals surface area (Å²) in [6.07, 6.45) is 0. The van der Waals surface area contributed by atoms with Crippen LogP contribution in [0.3, 0.4) is 0 Å². The molecule has 21 heavy (non-hydrogen) atoms. The highest BCUT2D eigenvalue weighted by Crippen LogP contribution is 2.20. The number of halogens is 2. The Bertz CT molecular complexity index is 607. The van der Waals surface area contributed by atoms with Gasteiger partial charge in [-0.2, -0.15) is 0 Å². The molecule has 0 bridgehead atoms. The highest BCUT2D eigenvalue weighted by Gasteiger charge is 2.11. The van der Waals surface area contributed by atoms with Crippen LogP contribution in [0, 0.1) is 5.82 Å². The number of aliphatic hydroxyl groups excluding tert-OH is 1. The first kappa shape index (κ1) is 15.8. The first-order valence-electron chi connectivity index (χ1n) is 6.56. The predicted octanol–water partition coefficient (Wildman–Crippen LogP) is 3.31. The minimum atomic E-state index is -0.446. The molecule has 0 spiro atoms. The number of benzene rings is 2. The molecule has 2 N–H and O–H groups in total. The average Bonchev–Trinajstić information content (AvgIpc) is 2.51. The summed E-state index contributed by atoms with van der Waals surface area (Å²) in [6, 6.07) is 11.9. The van der Waals surface area contributed by atoms with Crippen molar-refractivity contribution < 1.29 is 14.2 Å². The Morgan fingerprint density at radius 2 is 2.10 bits per heavy atom. The zero-order valence-corrected chi connectivity index (χ0v) is 12.4. The fourth-order valence-corrected chi connectivity index (χ4v) is 2.15. The molecule has 1 atom stereocenters. The molecule has 0 aromatic heterocycles. The number of hydrogen-bond donors (Lipinski definition) is 2. The molecule has 0 radical (unpaired) electrons. The van der Waals surface area contributed by atoms with Crippen molar-refractivity contribution in [3.05, 3.63) is 64.4 Å². The Morgan fingerprint density at radius 3 is 2.76 bits per heavy atom. The van der Waals surface area contributed by atoms with E-state index in [0.29, 0.717) is 6.54 Å². The molecule has 112 valence electrons. The minimum absolute atomic E-state index is 0.0662. The van der Waals surface area contributed by atoms with E-state index in [9.17, 15) is 9.50 Å². The highest BCUT2D eigenvalue weighted by atomic mass is 35.5. The van der Waals surface area contributed by atoms with Gasteiger partial charge < -0.3 is 15.2 Å². The predicted molar refractivity (Wildman–Crippen MR) is 81.1 cm³/mol. The number of ether oxygens (including phenoxy) is 1. The van der Waals surface area contributed by atoms with E-state index in [0.717, 1.165) is 16.9 Å². The third-order valence-electron chi connectivity index (χ3n) is 3.22. The van der Waals surface area contributed by atoms with Gasteiger partial charge in [-0.05, 0) is 35.4 Å². The van der Waals surface area contributed by atoms with E-state index in [1.165, 1.54) is 12.1 Å². The van der Waals surface area contributed by atoms with E-state index in [-0.39, 0.29) is 17.7 Å². The normalized spacial score (nSPS) is 12.2. The molecule has 0 aliphatic heterocycles. The van der Waals surface area contributed by atoms with Gasteiger partial charge in [0.05, 0.1) is 24.8 Å². The second-order valence-electron chi connectivity index (χ2n) is 4.64. The Balaban J connectivity index is 2.06. The molecule has 0 aliphatic rings. The lowest BCUT2D eigenvalue weighted by atomic mass is 10.1. The zero-order chi connectivity index (χ0) is 15.2. The molecule has 5 heteroatoms. The van der Waals surface area contributed by atoms with Gasteiger partial charge >= 0.3 is 0 Å². The molecule has 2 rings (SSSR count). The number of hydrogen-bond acceptors (Lipinski definition) is 3. The molecule has 0 aliphatic carbocycles. The van der Waals surface area contributed by atoms with Crippen LogP contribution in [0.15, 0.2) is 42.5 Å². The van der Waals surface area contributed by atoms with Gasteiger partial charge in [-0.3, -0.25) is 0 Å². The van der Waals surface area contributed by atoms with Crippen LogP contribution >= 0.6 is 11.6 Å². The molecule has 2 aromatic carbocycles. The topological polar surface area (TPSA) is 41.5 Å². The second-order valence-corrected chi connectivity index (χ2v) is 5.05. The Hall–Kier alpha value is -1.62. The number of rotatable bonds is 6. The van der Waals surface area contributed by atoms with Crippen LogP contribution in [0.1, 0.15) is 17.2 Å². The number of aliphatic hydroxyl groups is 1. The highest BCUT2D eigenvalue weighted by molar-refractivity contribution is 6.30. The second kappa shape index (κ2) is 7.41. The molecule has 0 fully saturated rings. The van der Waals surface area contributed by atoms with Gasteiger partial charge in [0, 0.05) is 6.54 Å². The maximum absolute atomic E-state index is 13.4. The van der Waals surface area contributed by atoms with E-state index < -0.39 is 5.82 Å². The monoisotopic (exact) mass is 309 g/mol. The Labute approximate surface area is 128 Å². The van der Waals surface area contributed by atoms with Crippen LogP contribution in [0.25, 0.3) is 0 Å². The molecule has 1 unspecified atom stereocenters. The minimum Gasteiger partial charge on any atom is -0.497 e. The Morgan fingerprint density at radius 1 is 1.29 bits per heavy atom. The lowest BCUT2D eigenvalue weighted by molar-refractivity contribution is 0.243. The van der Waals surface area contributed by atoms with Gasteiger partial charge in [-0.1, -0.05) is 29.8 Å². The largest absolute Gasteiger partial charge is 0.497 e. The summed E-state index contributed by atoms with van der Waals surface area (Å²) in [5.74, 6) is 0.281. The van der Waals surface area contributed by atoms with Gasteiger partial charge in [-0.25, -0.2) is 4.39 Å². The van der Waals surface area contributed by atoms with Gasteiger partial charge in [0.15, 0.2) is 0 Å². The third-order valence-corrected chi connectivity index (χ3v) is 3.52. The van der Waals surface area contributed by atoms with E-state index in [1.807, 2.05) is 24.3 Å². The number of methoxy groups -OCH3 is 1. The summed E-state index contributed by atoms with van der Waals surface area (Å²) in [5.41, 5.74) is 1.67. The van der Waals surface area contributed by atoms with Crippen LogP contribution in [-0.4, -0.2) is 18.8 Å². The van der Waals surface area contributed by atoms with Crippen molar-refractivity contribution in [1.82, 2.24) is 5.32 Å². The van der Waals surface area contributed by atoms with Crippen LogP contribution in [0.4, 0.5) is 4.39 Å². The first-order valence-corrected chi connectivity index (χ1v) is 6.94. The maximum Gasteiger partial charge on any atom is 0.142 e. The van der Waals surface area contributed by atoms with Gasteiger partial charge in [0.1, 0.15) is 11.6 Å². The summed E-state index contributed by atoms with van der Waals surface area (Å²) >= 11 is 5.65. The van der Waals surface area contributed by atoms with Crippen molar-refractivity contribution >= 4 is 11.6 Å². The van der Waals surface area contributed by atoms with Crippen LogP contribution < -0.4 is 10.1 Å². The molecule has 0 amide bonds. The zero-order valence-electron chi connectivity index (χ0n) is 11.6. The van der Waals surface area contributed by atoms with E-state index in [2.05, 4.69) is 5.32 Å². The maximum atomic E-state index is 13.4. The lowest BCUT2D eigenvalue weighted by Crippen LogP contribution is -2.24. The molecule has 0 saturated carbocycles. The standard InChI is InChI=1S/C16H17ClFNO2/c1-21-13-4-2-3-12(8-13)16(10-20)19-9-11-5-6-14(17)15(18)7-11/h2-8,16,19-20H,9-10H2,1H3. The van der Waals surface area contributed by atoms with Gasteiger partial charge in [0.2, 0.25) is 0 Å². The van der Waals surface area contributed by atoms with Crippen LogP contribution in [0.5, 0.6) is 5.75 Å². The smallest absolute Gasteiger partial charge is 0.142 e. The van der Waals surface area contributed by atoms with Crippen molar-refractivity contribution in [2.75, 3.05) is 13.7 Å². The molecular weight excluding hydrogens is 293 g/mol. The van der Waals surface area contributed by atoms with Crippen LogP contribution in [0.2, 0.25) is 5.02 Å². The van der Waals surface area contributed by atoms with Crippen molar-refractivity contribution in [1.29, 1.82) is 0 Å². The molecule has 2 aromatic rings. The summed E-state index contributed by atoms with van der Waals surface area (Å²) in [5, 5.41) is 12.8. The van der Waals surface area contributed by atoms with Gasteiger partial charge in [-0.15, -0.1) is 0 Å². The molecule has 3 nitrogen and oxygen atoms in total. The third kappa shape index (κ3) is 4.17. The average molecular weight is 310 g/mol. The Kier molecular flexibility index (Phi) is 5.56. The molecule has 0 heterocycles. The summed E-state index contributed by atoms with van der Waals surface area (Å²) in [6.45, 7) is 0.361. The quantitative estimate of drug-likeness (QED) is 0.860. The fourth-order valence-electron chi connectivity index (χ4n) is 2.04. The van der Waals surface area contributed by atoms with E-state index >= 15 is 0 Å². The fraction of sp³-hybridized carbons (Fsp3) is 0.250. The lowest BCUT2D eigenvalue weighted by Gasteiger charge is -2.17. The van der Waals surface area contributed by atoms with Crippen molar-refractivity contribution in [3.63, 3.8) is 0 Å². The number of nitrogens with one attached hydrogen (secondary N) is 1. The SMILES string of the molecule is COc1cccc(C(CO)NCc2ccc(Cl)c(F)c2)c1. The first-order chi connectivity index (χ1) is 10.1. The van der Waals surface area contributed by atoms with Crippen LogP contribution in [-0.2, 0) is 6.54 Å². The van der Waals surface area contributed by atoms with Crippen molar-refractivity contribution in [3.8, 4) is 5.75 Å². The van der Waals surface area contributed by atoms with Crippen molar-refractivity contribution in [2.24, 2.45) is 0 Å². The summed E-state index contributed by atoms with van der Waals surface area (Å²) in [4.78, 5) is 0. The van der Waals surface area contributed by atoms with E-state index in [1.54, 1.807) is 13.2 Å².